The lowest BCUT2D eigenvalue weighted by Gasteiger charge is -2.05. The monoisotopic (exact) mass is 282 g/mol. The number of hydrogen-bond acceptors (Lipinski definition) is 4. The van der Waals surface area contributed by atoms with Crippen LogP contribution in [0.2, 0.25) is 0 Å². The van der Waals surface area contributed by atoms with E-state index < -0.39 is 5.82 Å². The van der Waals surface area contributed by atoms with Crippen molar-refractivity contribution in [3.05, 3.63) is 47.9 Å². The van der Waals surface area contributed by atoms with E-state index in [0.29, 0.717) is 11.3 Å². The van der Waals surface area contributed by atoms with Gasteiger partial charge in [-0.15, -0.1) is 0 Å². The van der Waals surface area contributed by atoms with Gasteiger partial charge in [0, 0.05) is 11.8 Å². The Kier molecular flexibility index (Phi) is 2.32. The van der Waals surface area contributed by atoms with Gasteiger partial charge in [-0.2, -0.15) is 10.2 Å². The van der Waals surface area contributed by atoms with Crippen molar-refractivity contribution in [1.29, 1.82) is 0 Å². The number of aromatic nitrogens is 6. The molecular weight excluding hydrogens is 271 g/mol. The minimum absolute atomic E-state index is 0.204. The molecule has 4 rings (SSSR count). The van der Waals surface area contributed by atoms with Crippen LogP contribution in [0, 0.1) is 19.7 Å². The minimum atomic E-state index is -0.425. The van der Waals surface area contributed by atoms with Crippen LogP contribution < -0.4 is 0 Å². The largest absolute Gasteiger partial charge is 0.232 e. The second-order valence-corrected chi connectivity index (χ2v) is 4.97. The van der Waals surface area contributed by atoms with E-state index in [9.17, 15) is 4.39 Å². The van der Waals surface area contributed by atoms with Crippen LogP contribution in [-0.2, 0) is 0 Å². The maximum Gasteiger partial charge on any atom is 0.191 e. The molecule has 0 unspecified atom stereocenters. The molecule has 0 atom stereocenters. The molecule has 4 heterocycles. The topological polar surface area (TPSA) is 60.4 Å². The lowest BCUT2D eigenvalue weighted by atomic mass is 10.1. The van der Waals surface area contributed by atoms with Crippen LogP contribution in [0.25, 0.3) is 22.6 Å². The molecule has 4 aromatic heterocycles. The summed E-state index contributed by atoms with van der Waals surface area (Å²) in [6.07, 6.45) is 4.88. The van der Waals surface area contributed by atoms with Gasteiger partial charge in [-0.25, -0.2) is 23.4 Å². The zero-order valence-electron chi connectivity index (χ0n) is 11.4. The van der Waals surface area contributed by atoms with Crippen LogP contribution in [0.4, 0.5) is 4.39 Å². The van der Waals surface area contributed by atoms with Crippen molar-refractivity contribution in [3.8, 4) is 11.3 Å². The number of pyridine rings is 1. The van der Waals surface area contributed by atoms with Gasteiger partial charge in [0.2, 0.25) is 0 Å². The molecule has 0 amide bonds. The molecule has 0 saturated heterocycles. The van der Waals surface area contributed by atoms with Gasteiger partial charge >= 0.3 is 0 Å². The number of fused-ring (bicyclic) bond motifs is 2. The van der Waals surface area contributed by atoms with Gasteiger partial charge in [-0.3, -0.25) is 0 Å². The van der Waals surface area contributed by atoms with Crippen LogP contribution in [0.5, 0.6) is 0 Å². The van der Waals surface area contributed by atoms with Gasteiger partial charge in [0.05, 0.1) is 17.6 Å². The molecule has 0 aliphatic carbocycles. The predicted octanol–water partition coefficient (Wildman–Crippen LogP) is 2.19. The number of hydrogen-bond donors (Lipinski definition) is 0. The third kappa shape index (κ3) is 1.78. The molecule has 104 valence electrons. The maximum absolute atomic E-state index is 14.0. The first kappa shape index (κ1) is 12.0. The molecule has 0 fully saturated rings. The Hall–Kier alpha value is -2.83. The molecule has 21 heavy (non-hydrogen) atoms. The highest BCUT2D eigenvalue weighted by atomic mass is 19.1. The van der Waals surface area contributed by atoms with Crippen molar-refractivity contribution in [1.82, 2.24) is 29.2 Å². The molecular formula is C14H11FN6. The smallest absolute Gasteiger partial charge is 0.191 e. The van der Waals surface area contributed by atoms with Crippen molar-refractivity contribution in [2.24, 2.45) is 0 Å². The van der Waals surface area contributed by atoms with Gasteiger partial charge < -0.3 is 0 Å². The Morgan fingerprint density at radius 1 is 1.05 bits per heavy atom. The summed E-state index contributed by atoms with van der Waals surface area (Å²) in [6.45, 7) is 3.87. The predicted molar refractivity (Wildman–Crippen MR) is 74.4 cm³/mol. The van der Waals surface area contributed by atoms with Crippen molar-refractivity contribution in [3.63, 3.8) is 0 Å². The fraction of sp³-hybridized carbons (Fsp3) is 0.143. The number of nitrogens with zero attached hydrogens (tertiary/aromatic N) is 6. The van der Waals surface area contributed by atoms with Gasteiger partial charge in [-0.1, -0.05) is 0 Å². The molecule has 6 nitrogen and oxygen atoms in total. The average Bonchev–Trinajstić information content (AvgIpc) is 3.04. The summed E-state index contributed by atoms with van der Waals surface area (Å²) in [7, 11) is 0. The lowest BCUT2D eigenvalue weighted by Crippen LogP contribution is -1.99. The highest BCUT2D eigenvalue weighted by Crippen LogP contribution is 2.22. The van der Waals surface area contributed by atoms with Gasteiger partial charge in [-0.05, 0) is 31.5 Å². The summed E-state index contributed by atoms with van der Waals surface area (Å²) >= 11 is 0. The van der Waals surface area contributed by atoms with Gasteiger partial charge in [0.15, 0.2) is 17.1 Å². The summed E-state index contributed by atoms with van der Waals surface area (Å²) in [5.41, 5.74) is 4.18. The van der Waals surface area contributed by atoms with E-state index in [0.717, 1.165) is 16.9 Å². The molecule has 7 heteroatoms. The second-order valence-electron chi connectivity index (χ2n) is 4.97. The number of aryl methyl sites for hydroxylation is 2. The SMILES string of the molecule is Cc1cn2nc(-c3cc(F)c4ncnn4c3)cc(C)c2n1. The van der Waals surface area contributed by atoms with Crippen molar-refractivity contribution < 1.29 is 4.39 Å². The molecule has 0 spiro atoms. The fourth-order valence-electron chi connectivity index (χ4n) is 2.41. The molecule has 0 radical (unpaired) electrons. The highest BCUT2D eigenvalue weighted by Gasteiger charge is 2.11. The van der Waals surface area contributed by atoms with E-state index in [4.69, 9.17) is 0 Å². The lowest BCUT2D eigenvalue weighted by molar-refractivity contribution is 0.628. The quantitative estimate of drug-likeness (QED) is 0.537. The Labute approximate surface area is 118 Å². The molecule has 0 aromatic carbocycles. The summed E-state index contributed by atoms with van der Waals surface area (Å²) in [4.78, 5) is 8.27. The third-order valence-electron chi connectivity index (χ3n) is 3.36. The van der Waals surface area contributed by atoms with Crippen molar-refractivity contribution in [2.75, 3.05) is 0 Å². The van der Waals surface area contributed by atoms with Crippen LogP contribution >= 0.6 is 0 Å². The Balaban J connectivity index is 1.98. The number of imidazole rings is 1. The molecule has 0 aliphatic heterocycles. The van der Waals surface area contributed by atoms with Crippen LogP contribution in [0.1, 0.15) is 11.3 Å². The van der Waals surface area contributed by atoms with Gasteiger partial charge in [0.25, 0.3) is 0 Å². The Morgan fingerprint density at radius 3 is 2.76 bits per heavy atom. The van der Waals surface area contributed by atoms with E-state index >= 15 is 0 Å². The maximum atomic E-state index is 14.0. The van der Waals surface area contributed by atoms with E-state index in [-0.39, 0.29) is 5.65 Å². The first-order valence-corrected chi connectivity index (χ1v) is 6.45. The Morgan fingerprint density at radius 2 is 1.90 bits per heavy atom. The van der Waals surface area contributed by atoms with E-state index in [1.54, 1.807) is 10.7 Å². The molecule has 0 aliphatic rings. The van der Waals surface area contributed by atoms with E-state index in [2.05, 4.69) is 20.2 Å². The zero-order chi connectivity index (χ0) is 14.6. The standard InChI is InChI=1S/C14H11FN6/c1-8-3-12(19-21-5-9(2)18-13(8)21)10-4-11(15)14-16-7-17-20(14)6-10/h3-7H,1-2H3. The van der Waals surface area contributed by atoms with E-state index in [1.807, 2.05) is 26.1 Å². The third-order valence-corrected chi connectivity index (χ3v) is 3.36. The van der Waals surface area contributed by atoms with Crippen LogP contribution in [0.15, 0.2) is 30.9 Å². The number of halogens is 1. The summed E-state index contributed by atoms with van der Waals surface area (Å²) < 4.78 is 17.1. The van der Waals surface area contributed by atoms with Crippen LogP contribution in [0.3, 0.4) is 0 Å². The van der Waals surface area contributed by atoms with Crippen molar-refractivity contribution in [2.45, 2.75) is 13.8 Å². The normalized spacial score (nSPS) is 11.6. The summed E-state index contributed by atoms with van der Waals surface area (Å²) in [5.74, 6) is -0.425. The Bertz CT molecular complexity index is 984. The minimum Gasteiger partial charge on any atom is -0.232 e. The zero-order valence-corrected chi connectivity index (χ0v) is 11.4. The van der Waals surface area contributed by atoms with Gasteiger partial charge in [0.1, 0.15) is 6.33 Å². The first-order valence-electron chi connectivity index (χ1n) is 6.45. The first-order chi connectivity index (χ1) is 10.1. The van der Waals surface area contributed by atoms with Crippen molar-refractivity contribution >= 4 is 11.3 Å². The average molecular weight is 282 g/mol. The number of rotatable bonds is 1. The summed E-state index contributed by atoms with van der Waals surface area (Å²) in [5, 5.41) is 8.46. The molecule has 4 aromatic rings. The second kappa shape index (κ2) is 4.08. The van der Waals surface area contributed by atoms with Crippen LogP contribution in [-0.4, -0.2) is 29.2 Å². The fourth-order valence-corrected chi connectivity index (χ4v) is 2.41. The molecule has 0 saturated carbocycles. The molecule has 0 bridgehead atoms. The highest BCUT2D eigenvalue weighted by molar-refractivity contribution is 5.64. The molecule has 0 N–H and O–H groups in total. The van der Waals surface area contributed by atoms with E-state index in [1.165, 1.54) is 16.9 Å². The summed E-state index contributed by atoms with van der Waals surface area (Å²) in [6, 6.07) is 3.31.